The Hall–Kier alpha value is -2.51. The third-order valence-electron chi connectivity index (χ3n) is 3.21. The summed E-state index contributed by atoms with van der Waals surface area (Å²) in [6.45, 7) is 5.29. The van der Waals surface area contributed by atoms with E-state index in [1.807, 2.05) is 0 Å². The first-order valence-corrected chi connectivity index (χ1v) is 7.52. The third kappa shape index (κ3) is 4.74. The molecule has 1 aromatic carbocycles. The van der Waals surface area contributed by atoms with E-state index in [4.69, 9.17) is 9.47 Å². The Balaban J connectivity index is 2.52. The van der Waals surface area contributed by atoms with Gasteiger partial charge in [-0.1, -0.05) is 6.07 Å². The summed E-state index contributed by atoms with van der Waals surface area (Å²) in [4.78, 5) is 9.01. The zero-order valence-corrected chi connectivity index (χ0v) is 14.7. The molecule has 1 aromatic heterocycles. The van der Waals surface area contributed by atoms with E-state index in [0.717, 1.165) is 6.20 Å². The van der Waals surface area contributed by atoms with Crippen LogP contribution in [0.25, 0.3) is 0 Å². The lowest BCUT2D eigenvalue weighted by atomic mass is 10.2. The molecular weight excluding hydrogens is 335 g/mol. The Kier molecular flexibility index (Phi) is 5.10. The Bertz CT molecular complexity index is 743. The molecule has 0 aliphatic heterocycles. The summed E-state index contributed by atoms with van der Waals surface area (Å²) in [5, 5.41) is 0. The molecule has 136 valence electrons. The molecule has 1 heterocycles. The number of rotatable bonds is 4. The van der Waals surface area contributed by atoms with E-state index in [-0.39, 0.29) is 11.8 Å². The molecule has 0 aliphatic carbocycles. The Morgan fingerprint density at radius 1 is 1.12 bits per heavy atom. The van der Waals surface area contributed by atoms with Gasteiger partial charge in [0, 0.05) is 25.0 Å². The molecule has 0 spiro atoms. The van der Waals surface area contributed by atoms with Gasteiger partial charge in [-0.3, -0.25) is 0 Å². The van der Waals surface area contributed by atoms with Crippen LogP contribution in [0, 0.1) is 0 Å². The van der Waals surface area contributed by atoms with E-state index >= 15 is 0 Å². The van der Waals surface area contributed by atoms with Crippen molar-refractivity contribution in [2.75, 3.05) is 19.1 Å². The minimum atomic E-state index is -4.59. The van der Waals surface area contributed by atoms with Crippen molar-refractivity contribution >= 4 is 11.5 Å². The molecule has 0 saturated heterocycles. The summed E-state index contributed by atoms with van der Waals surface area (Å²) in [7, 11) is 2.98. The van der Waals surface area contributed by atoms with Gasteiger partial charge in [0.2, 0.25) is 0 Å². The molecule has 0 aliphatic rings. The van der Waals surface area contributed by atoms with Crippen LogP contribution in [-0.4, -0.2) is 29.7 Å². The van der Waals surface area contributed by atoms with Crippen molar-refractivity contribution in [1.29, 1.82) is 0 Å². The maximum atomic E-state index is 13.4. The highest BCUT2D eigenvalue weighted by Gasteiger charge is 2.37. The zero-order valence-electron chi connectivity index (χ0n) is 14.7. The second-order valence-electron chi connectivity index (χ2n) is 6.36. The SMILES string of the molecule is COc1cccc(N(C)c2nc(OC(C)(C)C)ncc2C(F)(F)F)c1. The van der Waals surface area contributed by atoms with E-state index in [1.165, 1.54) is 19.1 Å². The van der Waals surface area contributed by atoms with Crippen LogP contribution >= 0.6 is 0 Å². The number of benzene rings is 1. The van der Waals surface area contributed by atoms with Crippen LogP contribution in [0.5, 0.6) is 11.8 Å². The lowest BCUT2D eigenvalue weighted by Gasteiger charge is -2.25. The van der Waals surface area contributed by atoms with Crippen molar-refractivity contribution < 1.29 is 22.6 Å². The third-order valence-corrected chi connectivity index (χ3v) is 3.21. The maximum Gasteiger partial charge on any atom is 0.421 e. The molecule has 0 atom stereocenters. The molecular formula is C17H20F3N3O2. The summed E-state index contributed by atoms with van der Waals surface area (Å²) in [5.41, 5.74) is -1.09. The van der Waals surface area contributed by atoms with Crippen LogP contribution in [0.4, 0.5) is 24.7 Å². The maximum absolute atomic E-state index is 13.4. The number of ether oxygens (including phenoxy) is 2. The Morgan fingerprint density at radius 3 is 2.36 bits per heavy atom. The van der Waals surface area contributed by atoms with Gasteiger partial charge in [-0.25, -0.2) is 4.98 Å². The molecule has 8 heteroatoms. The van der Waals surface area contributed by atoms with Crippen molar-refractivity contribution in [2.45, 2.75) is 32.5 Å². The lowest BCUT2D eigenvalue weighted by molar-refractivity contribution is -0.137. The molecule has 2 aromatic rings. The molecule has 0 radical (unpaired) electrons. The van der Waals surface area contributed by atoms with Crippen LogP contribution in [0.2, 0.25) is 0 Å². The average Bonchev–Trinajstić information content (AvgIpc) is 2.51. The van der Waals surface area contributed by atoms with E-state index in [1.54, 1.807) is 45.0 Å². The Labute approximate surface area is 144 Å². The van der Waals surface area contributed by atoms with E-state index in [9.17, 15) is 13.2 Å². The molecule has 0 unspecified atom stereocenters. The number of hydrogen-bond donors (Lipinski definition) is 0. The van der Waals surface area contributed by atoms with Gasteiger partial charge in [0.25, 0.3) is 0 Å². The monoisotopic (exact) mass is 355 g/mol. The second kappa shape index (κ2) is 6.78. The van der Waals surface area contributed by atoms with Crippen LogP contribution in [-0.2, 0) is 6.18 Å². The fourth-order valence-electron chi connectivity index (χ4n) is 2.08. The zero-order chi connectivity index (χ0) is 18.8. The molecule has 5 nitrogen and oxygen atoms in total. The first-order chi connectivity index (χ1) is 11.5. The van der Waals surface area contributed by atoms with Crippen LogP contribution in [0.3, 0.4) is 0 Å². The predicted molar refractivity (Wildman–Crippen MR) is 88.5 cm³/mol. The summed E-state index contributed by atoms with van der Waals surface area (Å²) >= 11 is 0. The van der Waals surface area contributed by atoms with Crippen molar-refractivity contribution in [3.63, 3.8) is 0 Å². The van der Waals surface area contributed by atoms with Crippen LogP contribution in [0.1, 0.15) is 26.3 Å². The normalized spacial score (nSPS) is 12.0. The second-order valence-corrected chi connectivity index (χ2v) is 6.36. The van der Waals surface area contributed by atoms with Gasteiger partial charge >= 0.3 is 12.2 Å². The standard InChI is InChI=1S/C17H20F3N3O2/c1-16(2,3)25-15-21-10-13(17(18,19)20)14(22-15)23(4)11-7-6-8-12(9-11)24-5/h6-10H,1-5H3. The van der Waals surface area contributed by atoms with Crippen molar-refractivity contribution in [2.24, 2.45) is 0 Å². The number of nitrogens with zero attached hydrogens (tertiary/aromatic N) is 3. The van der Waals surface area contributed by atoms with Crippen molar-refractivity contribution in [3.05, 3.63) is 36.0 Å². The highest BCUT2D eigenvalue weighted by Crippen LogP contribution is 2.38. The van der Waals surface area contributed by atoms with Gasteiger partial charge in [0.15, 0.2) is 5.82 Å². The number of hydrogen-bond acceptors (Lipinski definition) is 5. The summed E-state index contributed by atoms with van der Waals surface area (Å²) in [6, 6.07) is 6.55. The number of methoxy groups -OCH3 is 1. The fourth-order valence-corrected chi connectivity index (χ4v) is 2.08. The Morgan fingerprint density at radius 2 is 1.80 bits per heavy atom. The highest BCUT2D eigenvalue weighted by atomic mass is 19.4. The number of alkyl halides is 3. The molecule has 2 rings (SSSR count). The largest absolute Gasteiger partial charge is 0.497 e. The van der Waals surface area contributed by atoms with Crippen LogP contribution < -0.4 is 14.4 Å². The molecule has 0 amide bonds. The first kappa shape index (κ1) is 18.8. The van der Waals surface area contributed by atoms with Gasteiger partial charge in [-0.2, -0.15) is 18.2 Å². The van der Waals surface area contributed by atoms with E-state index in [0.29, 0.717) is 11.4 Å². The lowest BCUT2D eigenvalue weighted by Crippen LogP contribution is -2.26. The topological polar surface area (TPSA) is 47.5 Å². The van der Waals surface area contributed by atoms with Crippen molar-refractivity contribution in [1.82, 2.24) is 9.97 Å². The summed E-state index contributed by atoms with van der Waals surface area (Å²) in [5.74, 6) is 0.230. The van der Waals surface area contributed by atoms with Gasteiger partial charge in [0.05, 0.1) is 7.11 Å². The predicted octanol–water partition coefficient (Wildman–Crippen LogP) is 4.45. The quantitative estimate of drug-likeness (QED) is 0.811. The number of anilines is 2. The van der Waals surface area contributed by atoms with Crippen LogP contribution in [0.15, 0.2) is 30.5 Å². The number of halogens is 3. The smallest absolute Gasteiger partial charge is 0.421 e. The summed E-state index contributed by atoms with van der Waals surface area (Å²) in [6.07, 6.45) is -3.86. The van der Waals surface area contributed by atoms with Crippen molar-refractivity contribution in [3.8, 4) is 11.8 Å². The van der Waals surface area contributed by atoms with Gasteiger partial charge < -0.3 is 14.4 Å². The molecule has 0 fully saturated rings. The van der Waals surface area contributed by atoms with E-state index < -0.39 is 17.3 Å². The number of aromatic nitrogens is 2. The molecule has 25 heavy (non-hydrogen) atoms. The highest BCUT2D eigenvalue weighted by molar-refractivity contribution is 5.64. The average molecular weight is 355 g/mol. The van der Waals surface area contributed by atoms with Gasteiger partial charge in [0.1, 0.15) is 16.9 Å². The first-order valence-electron chi connectivity index (χ1n) is 7.52. The van der Waals surface area contributed by atoms with Gasteiger partial charge in [-0.15, -0.1) is 0 Å². The fraction of sp³-hybridized carbons (Fsp3) is 0.412. The minimum Gasteiger partial charge on any atom is -0.497 e. The molecule has 0 saturated carbocycles. The molecule has 0 bridgehead atoms. The van der Waals surface area contributed by atoms with E-state index in [2.05, 4.69) is 9.97 Å². The van der Waals surface area contributed by atoms with Gasteiger partial charge in [-0.05, 0) is 32.9 Å². The minimum absolute atomic E-state index is 0.120. The summed E-state index contributed by atoms with van der Waals surface area (Å²) < 4.78 is 50.7. The molecule has 0 N–H and O–H groups in total.